The molecule has 1 atom stereocenters. The van der Waals surface area contributed by atoms with Crippen LogP contribution in [0.3, 0.4) is 0 Å². The lowest BCUT2D eigenvalue weighted by Gasteiger charge is -2.28. The van der Waals surface area contributed by atoms with E-state index in [2.05, 4.69) is 27.7 Å². The number of rotatable bonds is 5. The number of halogens is 4. The van der Waals surface area contributed by atoms with Gasteiger partial charge in [0.25, 0.3) is 0 Å². The van der Waals surface area contributed by atoms with Gasteiger partial charge in [-0.15, -0.1) is 0 Å². The zero-order chi connectivity index (χ0) is 13.4. The van der Waals surface area contributed by atoms with Gasteiger partial charge in [0.05, 0.1) is 18.5 Å². The van der Waals surface area contributed by atoms with Gasteiger partial charge in [0.2, 0.25) is 0 Å². The van der Waals surface area contributed by atoms with Crippen molar-refractivity contribution in [1.29, 1.82) is 0 Å². The number of ether oxygens (including phenoxy) is 1. The molecular weight excluding hydrogens is 242 g/mol. The van der Waals surface area contributed by atoms with Gasteiger partial charge < -0.3 is 22.0 Å². The van der Waals surface area contributed by atoms with Crippen LogP contribution in [0, 0.1) is 0 Å². The highest BCUT2D eigenvalue weighted by Crippen LogP contribution is 2.62. The van der Waals surface area contributed by atoms with Crippen LogP contribution in [0.2, 0.25) is 0 Å². The topological polar surface area (TPSA) is 9.23 Å². The van der Waals surface area contributed by atoms with Gasteiger partial charge in [-0.25, -0.2) is 0 Å². The van der Waals surface area contributed by atoms with Crippen LogP contribution < -0.4 is 0 Å². The number of hydrogen-bond donors (Lipinski definition) is 0. The minimum absolute atomic E-state index is 0.502. The van der Waals surface area contributed by atoms with Gasteiger partial charge in [-0.05, 0) is 27.7 Å². The van der Waals surface area contributed by atoms with Crippen LogP contribution in [0.25, 0.3) is 0 Å². The summed E-state index contributed by atoms with van der Waals surface area (Å²) in [5.41, 5.74) is 0. The molecule has 7 heteroatoms. The van der Waals surface area contributed by atoms with E-state index < -0.39 is 14.5 Å². The summed E-state index contributed by atoms with van der Waals surface area (Å²) in [7, 11) is -4.92. The molecule has 16 heavy (non-hydrogen) atoms. The maximum Gasteiger partial charge on any atom is 0.673 e. The molecular formula is C9H22BF4OP. The normalized spacial score (nSPS) is 14.1. The van der Waals surface area contributed by atoms with Gasteiger partial charge in [0, 0.05) is 14.4 Å². The molecule has 0 fully saturated rings. The molecule has 1 nitrogen and oxygen atoms in total. The molecule has 0 radical (unpaired) electrons. The minimum atomic E-state index is -6.00. The first-order valence-corrected chi connectivity index (χ1v) is 7.84. The Kier molecular flexibility index (Phi) is 9.61. The summed E-state index contributed by atoms with van der Waals surface area (Å²) in [4.78, 5) is 0. The van der Waals surface area contributed by atoms with E-state index in [1.807, 2.05) is 7.11 Å². The first kappa shape index (κ1) is 18.5. The fourth-order valence-corrected chi connectivity index (χ4v) is 5.00. The first-order valence-electron chi connectivity index (χ1n) is 5.42. The van der Waals surface area contributed by atoms with E-state index >= 15 is 0 Å². The molecule has 0 aliphatic heterocycles. The smallest absolute Gasteiger partial charge is 0.418 e. The molecule has 1 unspecified atom stereocenters. The third-order valence-corrected chi connectivity index (χ3v) is 8.53. The third kappa shape index (κ3) is 8.34. The summed E-state index contributed by atoms with van der Waals surface area (Å²) in [5.74, 6) is 0.502. The van der Waals surface area contributed by atoms with Crippen molar-refractivity contribution in [3.63, 3.8) is 0 Å². The standard InChI is InChI=1S/C9H22OP.BF4/c1-6-11(7-2,8-3)9(4)10-5;2-1(3,4)5/h9H,6-8H2,1-5H3;/q+1;-1. The highest BCUT2D eigenvalue weighted by molar-refractivity contribution is 7.76. The zero-order valence-corrected chi connectivity index (χ0v) is 11.5. The van der Waals surface area contributed by atoms with Gasteiger partial charge in [-0.3, -0.25) is 0 Å². The Labute approximate surface area is 96.4 Å². The van der Waals surface area contributed by atoms with Crippen molar-refractivity contribution in [3.05, 3.63) is 0 Å². The summed E-state index contributed by atoms with van der Waals surface area (Å²) >= 11 is 0. The van der Waals surface area contributed by atoms with E-state index in [1.54, 1.807) is 0 Å². The van der Waals surface area contributed by atoms with E-state index in [0.29, 0.717) is 5.85 Å². The Morgan fingerprint density at radius 3 is 1.31 bits per heavy atom. The molecule has 0 aromatic rings. The molecule has 0 aliphatic carbocycles. The van der Waals surface area contributed by atoms with E-state index in [0.717, 1.165) is 0 Å². The Bertz CT molecular complexity index is 159. The molecule has 0 aliphatic rings. The average Bonchev–Trinajstić information content (AvgIpc) is 2.18. The van der Waals surface area contributed by atoms with Crippen molar-refractivity contribution in [3.8, 4) is 0 Å². The maximum absolute atomic E-state index is 9.75. The van der Waals surface area contributed by atoms with Gasteiger partial charge in [-0.2, -0.15) is 0 Å². The molecule has 0 amide bonds. The Morgan fingerprint density at radius 1 is 1.00 bits per heavy atom. The lowest BCUT2D eigenvalue weighted by molar-refractivity contribution is 0.180. The van der Waals surface area contributed by atoms with Gasteiger partial charge >= 0.3 is 7.25 Å². The van der Waals surface area contributed by atoms with Crippen LogP contribution in [0.15, 0.2) is 0 Å². The fourth-order valence-electron chi connectivity index (χ4n) is 1.67. The van der Waals surface area contributed by atoms with Crippen LogP contribution in [0.1, 0.15) is 27.7 Å². The monoisotopic (exact) mass is 264 g/mol. The summed E-state index contributed by atoms with van der Waals surface area (Å²) in [5, 5.41) is 0. The first-order chi connectivity index (χ1) is 7.16. The predicted molar refractivity (Wildman–Crippen MR) is 65.2 cm³/mol. The molecule has 0 saturated carbocycles. The van der Waals surface area contributed by atoms with Crippen molar-refractivity contribution >= 4 is 14.5 Å². The second kappa shape index (κ2) is 8.29. The lowest BCUT2D eigenvalue weighted by atomic mass is 10.3. The van der Waals surface area contributed by atoms with Crippen LogP contribution in [-0.4, -0.2) is 38.7 Å². The van der Waals surface area contributed by atoms with Gasteiger partial charge in [-0.1, -0.05) is 0 Å². The van der Waals surface area contributed by atoms with Crippen molar-refractivity contribution in [2.45, 2.75) is 33.5 Å². The molecule has 0 rings (SSSR count). The van der Waals surface area contributed by atoms with Crippen molar-refractivity contribution < 1.29 is 22.0 Å². The molecule has 0 aromatic carbocycles. The molecule has 0 heterocycles. The molecule has 0 aromatic heterocycles. The molecule has 0 spiro atoms. The van der Waals surface area contributed by atoms with Crippen molar-refractivity contribution in [2.24, 2.45) is 0 Å². The van der Waals surface area contributed by atoms with E-state index in [1.165, 1.54) is 18.5 Å². The quantitative estimate of drug-likeness (QED) is 0.407. The summed E-state index contributed by atoms with van der Waals surface area (Å²) < 4.78 is 44.4. The SMILES string of the molecule is CC[P+](CC)(CC)C(C)OC.F[B-](F)(F)F. The van der Waals surface area contributed by atoms with Crippen molar-refractivity contribution in [2.75, 3.05) is 25.6 Å². The van der Waals surface area contributed by atoms with Crippen LogP contribution >= 0.6 is 7.26 Å². The second-order valence-corrected chi connectivity index (χ2v) is 8.56. The summed E-state index contributed by atoms with van der Waals surface area (Å²) in [6.45, 7) is 9.13. The Morgan fingerprint density at radius 2 is 1.25 bits per heavy atom. The molecule has 0 N–H and O–H groups in total. The maximum atomic E-state index is 9.75. The molecule has 0 bridgehead atoms. The van der Waals surface area contributed by atoms with Gasteiger partial charge in [0.1, 0.15) is 0 Å². The highest BCUT2D eigenvalue weighted by atomic mass is 31.2. The molecule has 100 valence electrons. The highest BCUT2D eigenvalue weighted by Gasteiger charge is 2.37. The predicted octanol–water partition coefficient (Wildman–Crippen LogP) is 4.36. The average molecular weight is 264 g/mol. The summed E-state index contributed by atoms with van der Waals surface area (Å²) in [6, 6.07) is 0. The largest absolute Gasteiger partial charge is 0.673 e. The fraction of sp³-hybridized carbons (Fsp3) is 1.00. The van der Waals surface area contributed by atoms with E-state index in [9.17, 15) is 17.3 Å². The van der Waals surface area contributed by atoms with Crippen molar-refractivity contribution in [1.82, 2.24) is 0 Å². The van der Waals surface area contributed by atoms with Crippen LogP contribution in [0.5, 0.6) is 0 Å². The number of hydrogen-bond acceptors (Lipinski definition) is 1. The van der Waals surface area contributed by atoms with E-state index in [4.69, 9.17) is 4.74 Å². The summed E-state index contributed by atoms with van der Waals surface area (Å²) in [6.07, 6.45) is 3.99. The minimum Gasteiger partial charge on any atom is -0.418 e. The van der Waals surface area contributed by atoms with Crippen LogP contribution in [0.4, 0.5) is 17.3 Å². The van der Waals surface area contributed by atoms with Gasteiger partial charge in [0.15, 0.2) is 5.85 Å². The number of methoxy groups -OCH3 is 1. The molecule has 0 saturated heterocycles. The Balaban J connectivity index is 0. The third-order valence-electron chi connectivity index (χ3n) is 3.00. The van der Waals surface area contributed by atoms with Crippen LogP contribution in [-0.2, 0) is 4.74 Å². The van der Waals surface area contributed by atoms with E-state index in [-0.39, 0.29) is 0 Å². The lowest BCUT2D eigenvalue weighted by Crippen LogP contribution is -2.18. The Hall–Kier alpha value is 0.175. The zero-order valence-electron chi connectivity index (χ0n) is 10.6. The second-order valence-electron chi connectivity index (χ2n) is 3.50.